The van der Waals surface area contributed by atoms with Gasteiger partial charge in [0.15, 0.2) is 23.7 Å². The molecule has 10 atom stereocenters. The largest absolute Gasteiger partial charge is 0.510 e. The van der Waals surface area contributed by atoms with Crippen LogP contribution in [-0.4, -0.2) is 112 Å². The van der Waals surface area contributed by atoms with Crippen LogP contribution in [0.15, 0.2) is 42.2 Å². The van der Waals surface area contributed by atoms with Crippen molar-refractivity contribution in [1.29, 1.82) is 0 Å². The zero-order chi connectivity index (χ0) is 30.5. The molecule has 2 aliphatic carbocycles. The van der Waals surface area contributed by atoms with Crippen molar-refractivity contribution in [3.8, 4) is 28.7 Å². The fourth-order valence-corrected chi connectivity index (χ4v) is 5.56. The molecule has 14 nitrogen and oxygen atoms in total. The van der Waals surface area contributed by atoms with Gasteiger partial charge in [-0.25, -0.2) is 0 Å². The van der Waals surface area contributed by atoms with Crippen molar-refractivity contribution in [2.75, 3.05) is 6.61 Å². The predicted molar refractivity (Wildman–Crippen MR) is 139 cm³/mol. The van der Waals surface area contributed by atoms with Crippen molar-refractivity contribution in [3.63, 3.8) is 0 Å². The van der Waals surface area contributed by atoms with Gasteiger partial charge in [0, 0.05) is 18.1 Å². The van der Waals surface area contributed by atoms with Gasteiger partial charge in [-0.15, -0.1) is 0 Å². The second-order valence-electron chi connectivity index (χ2n) is 10.7. The smallest absolute Gasteiger partial charge is 0.203 e. The van der Waals surface area contributed by atoms with Gasteiger partial charge in [-0.1, -0.05) is 6.07 Å². The van der Waals surface area contributed by atoms with Crippen molar-refractivity contribution in [1.82, 2.24) is 0 Å². The monoisotopic (exact) mass is 592 g/mol. The first-order valence-corrected chi connectivity index (χ1v) is 13.2. The predicted octanol–water partition coefficient (Wildman–Crippen LogP) is -0.366. The Kier molecular flexibility index (Phi) is 8.22. The lowest BCUT2D eigenvalue weighted by Gasteiger charge is -2.43. The molecule has 10 N–H and O–H groups in total. The Balaban J connectivity index is 1.41. The number of aliphatic hydroxyl groups excluding tert-OH is 6. The number of ketones is 1. The SMILES string of the molecule is O=C1c2c(O)cc(O)cc2OC(c2ccc(O)c(O)c2)C1O[C@@H]1CC(CO[C@@H]2CC=C(O)C(O)C2O)[C@@H](O)C(O)C1O. The highest BCUT2D eigenvalue weighted by molar-refractivity contribution is 6.05. The lowest BCUT2D eigenvalue weighted by molar-refractivity contribution is -0.201. The summed E-state index contributed by atoms with van der Waals surface area (Å²) in [6, 6.07) is 5.66. The van der Waals surface area contributed by atoms with Crippen LogP contribution in [0.5, 0.6) is 28.7 Å². The summed E-state index contributed by atoms with van der Waals surface area (Å²) in [6.07, 6.45) is -11.9. The molecule has 2 aromatic carbocycles. The van der Waals surface area contributed by atoms with Crippen molar-refractivity contribution in [3.05, 3.63) is 53.3 Å². The van der Waals surface area contributed by atoms with Crippen molar-refractivity contribution < 1.29 is 70.1 Å². The molecule has 2 aromatic rings. The number of carbonyl (C=O) groups is 1. The fourth-order valence-electron chi connectivity index (χ4n) is 5.56. The Morgan fingerprint density at radius 3 is 2.26 bits per heavy atom. The molecule has 0 aromatic heterocycles. The molecule has 1 saturated carbocycles. The number of aromatic hydroxyl groups is 4. The number of carbonyl (C=O) groups excluding carboxylic acids is 1. The van der Waals surface area contributed by atoms with Crippen LogP contribution in [0.2, 0.25) is 0 Å². The Morgan fingerprint density at radius 2 is 1.55 bits per heavy atom. The maximum atomic E-state index is 13.7. The molecule has 0 spiro atoms. The highest BCUT2D eigenvalue weighted by Gasteiger charge is 2.49. The molecule has 1 fully saturated rings. The number of phenolic OH excluding ortho intramolecular Hbond substituents is 4. The van der Waals surface area contributed by atoms with Crippen LogP contribution < -0.4 is 4.74 Å². The standard InChI is InChI=1S/C28H32O14/c29-12-7-16(33)20-18(8-12)41-27(10-1-2-13(30)15(32)5-10)28(25(20)38)42-19-6-11(21(34)26(39)24(19)37)9-40-17-4-3-14(31)22(35)23(17)36/h1-3,5,7-8,11,17,19,21-24,26-37,39H,4,6,9H2/t11?,17-,19-,21-,22?,23?,24?,26?,27?,28?/m1/s1. The van der Waals surface area contributed by atoms with Crippen LogP contribution in [0.4, 0.5) is 0 Å². The molecule has 5 rings (SSSR count). The summed E-state index contributed by atoms with van der Waals surface area (Å²) in [5, 5.41) is 102. The van der Waals surface area contributed by atoms with Crippen molar-refractivity contribution in [2.24, 2.45) is 5.92 Å². The topological polar surface area (TPSA) is 247 Å². The molecule has 228 valence electrons. The minimum absolute atomic E-state index is 0.0610. The Bertz CT molecular complexity index is 1360. The third kappa shape index (κ3) is 5.45. The minimum atomic E-state index is -1.74. The normalized spacial score (nSPS) is 34.8. The van der Waals surface area contributed by atoms with Crippen LogP contribution >= 0.6 is 0 Å². The molecule has 14 heteroatoms. The first-order chi connectivity index (χ1) is 19.9. The number of phenols is 4. The third-order valence-electron chi connectivity index (χ3n) is 7.94. The first kappa shape index (κ1) is 29.8. The maximum Gasteiger partial charge on any atom is 0.203 e. The van der Waals surface area contributed by atoms with Crippen LogP contribution in [0.25, 0.3) is 0 Å². The molecule has 0 radical (unpaired) electrons. The molecule has 1 aliphatic heterocycles. The van der Waals surface area contributed by atoms with Crippen molar-refractivity contribution >= 4 is 5.78 Å². The fraction of sp³-hybridized carbons (Fsp3) is 0.464. The highest BCUT2D eigenvalue weighted by Crippen LogP contribution is 2.45. The number of fused-ring (bicyclic) bond motifs is 1. The zero-order valence-corrected chi connectivity index (χ0v) is 22.0. The zero-order valence-electron chi connectivity index (χ0n) is 22.0. The summed E-state index contributed by atoms with van der Waals surface area (Å²) in [7, 11) is 0. The number of hydrogen-bond acceptors (Lipinski definition) is 14. The summed E-state index contributed by atoms with van der Waals surface area (Å²) >= 11 is 0. The van der Waals surface area contributed by atoms with Gasteiger partial charge in [-0.3, -0.25) is 4.79 Å². The summed E-state index contributed by atoms with van der Waals surface area (Å²) in [6.45, 7) is -0.263. The van der Waals surface area contributed by atoms with Gasteiger partial charge in [0.05, 0.1) is 24.9 Å². The van der Waals surface area contributed by atoms with Gasteiger partial charge >= 0.3 is 0 Å². The summed E-state index contributed by atoms with van der Waals surface area (Å²) in [5.41, 5.74) is -0.159. The number of hydrogen-bond donors (Lipinski definition) is 10. The van der Waals surface area contributed by atoms with E-state index in [1.165, 1.54) is 12.1 Å². The first-order valence-electron chi connectivity index (χ1n) is 13.2. The van der Waals surface area contributed by atoms with Gasteiger partial charge in [-0.2, -0.15) is 0 Å². The molecule has 3 aliphatic rings. The highest BCUT2D eigenvalue weighted by atomic mass is 16.6. The van der Waals surface area contributed by atoms with Gasteiger partial charge in [0.25, 0.3) is 0 Å². The summed E-state index contributed by atoms with van der Waals surface area (Å²) < 4.78 is 17.6. The minimum Gasteiger partial charge on any atom is -0.510 e. The van der Waals surface area contributed by atoms with E-state index in [1.807, 2.05) is 0 Å². The Labute approximate surface area is 238 Å². The van der Waals surface area contributed by atoms with Crippen molar-refractivity contribution in [2.45, 2.75) is 67.8 Å². The van der Waals surface area contributed by atoms with E-state index in [0.29, 0.717) is 0 Å². The van der Waals surface area contributed by atoms with Crippen LogP contribution in [0, 0.1) is 5.92 Å². The Hall–Kier alpha value is -3.63. The second-order valence-corrected chi connectivity index (χ2v) is 10.7. The molecular weight excluding hydrogens is 560 g/mol. The van der Waals surface area contributed by atoms with Gasteiger partial charge < -0.3 is 65.3 Å². The number of Topliss-reactive ketones (excluding diaryl/α,β-unsaturated/α-hetero) is 1. The molecule has 0 saturated heterocycles. The molecule has 0 amide bonds. The quantitative estimate of drug-likeness (QED) is 0.192. The average molecular weight is 593 g/mol. The van der Waals surface area contributed by atoms with E-state index in [1.54, 1.807) is 0 Å². The molecule has 0 bridgehead atoms. The molecular formula is C28H32O14. The van der Waals surface area contributed by atoms with E-state index < -0.39 is 95.4 Å². The van der Waals surface area contributed by atoms with Crippen LogP contribution in [0.1, 0.15) is 34.9 Å². The van der Waals surface area contributed by atoms with Crippen LogP contribution in [-0.2, 0) is 9.47 Å². The van der Waals surface area contributed by atoms with E-state index >= 15 is 0 Å². The number of rotatable bonds is 6. The van der Waals surface area contributed by atoms with Gasteiger partial charge in [0.2, 0.25) is 5.78 Å². The molecule has 1 heterocycles. The van der Waals surface area contributed by atoms with E-state index in [0.717, 1.165) is 24.3 Å². The number of ether oxygens (including phenoxy) is 3. The number of benzene rings is 2. The lowest BCUT2D eigenvalue weighted by Crippen LogP contribution is -2.57. The van der Waals surface area contributed by atoms with Gasteiger partial charge in [-0.05, 0) is 36.6 Å². The van der Waals surface area contributed by atoms with E-state index in [-0.39, 0.29) is 36.3 Å². The van der Waals surface area contributed by atoms with Crippen LogP contribution in [0.3, 0.4) is 0 Å². The Morgan fingerprint density at radius 1 is 0.810 bits per heavy atom. The maximum absolute atomic E-state index is 13.7. The lowest BCUT2D eigenvalue weighted by atomic mass is 9.80. The molecule has 42 heavy (non-hydrogen) atoms. The summed E-state index contributed by atoms with van der Waals surface area (Å²) in [4.78, 5) is 13.7. The van der Waals surface area contributed by atoms with Gasteiger partial charge in [0.1, 0.15) is 53.0 Å². The number of aliphatic hydroxyl groups is 6. The van der Waals surface area contributed by atoms with E-state index in [9.17, 15) is 55.9 Å². The average Bonchev–Trinajstić information content (AvgIpc) is 2.94. The second kappa shape index (κ2) is 11.6. The van der Waals surface area contributed by atoms with E-state index in [2.05, 4.69) is 0 Å². The third-order valence-corrected chi connectivity index (χ3v) is 7.94. The van der Waals surface area contributed by atoms with E-state index in [4.69, 9.17) is 14.2 Å². The molecule has 7 unspecified atom stereocenters. The summed E-state index contributed by atoms with van der Waals surface area (Å²) in [5.74, 6) is -4.25.